The summed E-state index contributed by atoms with van der Waals surface area (Å²) in [5, 5.41) is 12.0. The van der Waals surface area contributed by atoms with Gasteiger partial charge in [0.2, 0.25) is 0 Å². The normalized spacial score (nSPS) is 17.1. The van der Waals surface area contributed by atoms with Gasteiger partial charge in [0.25, 0.3) is 0 Å². The number of carbonyl (C=O) groups is 1. The van der Waals surface area contributed by atoms with Crippen molar-refractivity contribution in [2.75, 3.05) is 10.6 Å². The molecule has 2 aliphatic rings. The molecule has 0 unspecified atom stereocenters. The molecule has 190 valence electrons. The smallest absolute Gasteiger partial charge is 0.308 e. The second-order valence-electron chi connectivity index (χ2n) is 10.6. The number of benzene rings is 2. The van der Waals surface area contributed by atoms with Gasteiger partial charge in [-0.05, 0) is 80.3 Å². The lowest BCUT2D eigenvalue weighted by Gasteiger charge is -2.22. The van der Waals surface area contributed by atoms with E-state index in [2.05, 4.69) is 38.5 Å². The van der Waals surface area contributed by atoms with Crippen molar-refractivity contribution in [3.63, 3.8) is 0 Å². The molecule has 2 aromatic heterocycles. The second-order valence-corrected chi connectivity index (χ2v) is 10.6. The third kappa shape index (κ3) is 5.38. The molecule has 2 N–H and O–H groups in total. The number of anilines is 2. The Labute approximate surface area is 218 Å². The van der Waals surface area contributed by atoms with Crippen LogP contribution in [0.2, 0.25) is 0 Å². The van der Waals surface area contributed by atoms with Crippen LogP contribution in [0.1, 0.15) is 87.4 Å². The van der Waals surface area contributed by atoms with E-state index in [1.54, 1.807) is 6.20 Å². The number of pyridine rings is 1. The first-order valence-corrected chi connectivity index (χ1v) is 13.9. The van der Waals surface area contributed by atoms with Crippen molar-refractivity contribution in [2.45, 2.75) is 76.0 Å². The van der Waals surface area contributed by atoms with Gasteiger partial charge in [-0.3, -0.25) is 4.98 Å². The fraction of sp³-hybridized carbons (Fsp3) is 0.387. The van der Waals surface area contributed by atoms with Crippen molar-refractivity contribution < 1.29 is 4.79 Å². The van der Waals surface area contributed by atoms with Crippen LogP contribution in [-0.2, 0) is 0 Å². The predicted octanol–water partition coefficient (Wildman–Crippen LogP) is 8.16. The van der Waals surface area contributed by atoms with Gasteiger partial charge < -0.3 is 10.6 Å². The Morgan fingerprint density at radius 1 is 0.757 bits per heavy atom. The molecule has 2 heterocycles. The van der Waals surface area contributed by atoms with Crippen LogP contribution in [0.5, 0.6) is 0 Å². The lowest BCUT2D eigenvalue weighted by molar-refractivity contribution is 0.262. The van der Waals surface area contributed by atoms with E-state index < -0.39 is 0 Å². The summed E-state index contributed by atoms with van der Waals surface area (Å²) in [5.41, 5.74) is 6.09. The Hall–Kier alpha value is -3.67. The molecule has 0 aliphatic heterocycles. The number of hydrogen-bond donors (Lipinski definition) is 2. The standard InChI is InChI=1S/C31H35N5O/c37-31(34-26-15-18-28-24(20-26)12-7-19-32-28)33-25-13-16-27(17-14-25)36-30(23-10-5-2-6-11-23)21-29(35-36)22-8-3-1-4-9-22/h7,12-23H,1-6,8-11H2,(H2,33,34,37). The van der Waals surface area contributed by atoms with Gasteiger partial charge in [-0.15, -0.1) is 0 Å². The number of carbonyl (C=O) groups excluding carboxylic acids is 1. The lowest BCUT2D eigenvalue weighted by Crippen LogP contribution is -2.19. The monoisotopic (exact) mass is 493 g/mol. The summed E-state index contributed by atoms with van der Waals surface area (Å²) in [6.07, 6.45) is 14.7. The van der Waals surface area contributed by atoms with Crippen LogP contribution >= 0.6 is 0 Å². The first-order chi connectivity index (χ1) is 18.2. The zero-order valence-corrected chi connectivity index (χ0v) is 21.3. The summed E-state index contributed by atoms with van der Waals surface area (Å²) >= 11 is 0. The van der Waals surface area contributed by atoms with E-state index in [0.29, 0.717) is 11.8 Å². The Morgan fingerprint density at radius 3 is 2.19 bits per heavy atom. The maximum absolute atomic E-state index is 12.7. The number of urea groups is 1. The SMILES string of the molecule is O=C(Nc1ccc(-n2nc(C3CCCCC3)cc2C2CCCCC2)cc1)Nc1ccc2ncccc2c1. The first-order valence-electron chi connectivity index (χ1n) is 13.9. The summed E-state index contributed by atoms with van der Waals surface area (Å²) in [7, 11) is 0. The quantitative estimate of drug-likeness (QED) is 0.295. The largest absolute Gasteiger partial charge is 0.323 e. The van der Waals surface area contributed by atoms with Gasteiger partial charge in [-0.1, -0.05) is 44.6 Å². The lowest BCUT2D eigenvalue weighted by atomic mass is 9.84. The maximum Gasteiger partial charge on any atom is 0.323 e. The van der Waals surface area contributed by atoms with Gasteiger partial charge >= 0.3 is 6.03 Å². The molecule has 2 aromatic carbocycles. The van der Waals surface area contributed by atoms with Crippen LogP contribution in [-0.4, -0.2) is 20.8 Å². The first kappa shape index (κ1) is 23.7. The summed E-state index contributed by atoms with van der Waals surface area (Å²) in [4.78, 5) is 17.0. The summed E-state index contributed by atoms with van der Waals surface area (Å²) in [6.45, 7) is 0. The van der Waals surface area contributed by atoms with Crippen LogP contribution in [0.25, 0.3) is 16.6 Å². The fourth-order valence-electron chi connectivity index (χ4n) is 6.04. The highest BCUT2D eigenvalue weighted by atomic mass is 16.2. The molecule has 0 atom stereocenters. The average molecular weight is 494 g/mol. The molecule has 6 rings (SSSR count). The molecule has 2 amide bonds. The molecular formula is C31H35N5O. The number of rotatable bonds is 5. The number of hydrogen-bond acceptors (Lipinski definition) is 3. The molecule has 0 radical (unpaired) electrons. The number of amides is 2. The third-order valence-corrected chi connectivity index (χ3v) is 8.03. The fourth-order valence-corrected chi connectivity index (χ4v) is 6.04. The van der Waals surface area contributed by atoms with Gasteiger partial charge in [-0.2, -0.15) is 5.10 Å². The summed E-state index contributed by atoms with van der Waals surface area (Å²) < 4.78 is 2.19. The van der Waals surface area contributed by atoms with E-state index in [4.69, 9.17) is 5.10 Å². The van der Waals surface area contributed by atoms with E-state index in [1.165, 1.54) is 75.6 Å². The zero-order chi connectivity index (χ0) is 25.0. The van der Waals surface area contributed by atoms with E-state index in [-0.39, 0.29) is 6.03 Å². The molecular weight excluding hydrogens is 458 g/mol. The molecule has 6 nitrogen and oxygen atoms in total. The molecule has 0 saturated heterocycles. The average Bonchev–Trinajstić information content (AvgIpc) is 3.40. The molecule has 0 bridgehead atoms. The van der Waals surface area contributed by atoms with Crippen LogP contribution in [0.3, 0.4) is 0 Å². The van der Waals surface area contributed by atoms with Crippen LogP contribution in [0.15, 0.2) is 66.9 Å². The summed E-state index contributed by atoms with van der Waals surface area (Å²) in [6, 6.07) is 19.8. The number of nitrogens with zero attached hydrogens (tertiary/aromatic N) is 3. The minimum absolute atomic E-state index is 0.266. The highest BCUT2D eigenvalue weighted by Gasteiger charge is 2.25. The third-order valence-electron chi connectivity index (χ3n) is 8.03. The number of fused-ring (bicyclic) bond motifs is 1. The van der Waals surface area contributed by atoms with Crippen molar-refractivity contribution in [2.24, 2.45) is 0 Å². The second kappa shape index (κ2) is 10.8. The van der Waals surface area contributed by atoms with Gasteiger partial charge in [0.05, 0.1) is 16.9 Å². The van der Waals surface area contributed by atoms with Gasteiger partial charge in [0.1, 0.15) is 0 Å². The molecule has 2 saturated carbocycles. The topological polar surface area (TPSA) is 71.8 Å². The van der Waals surface area contributed by atoms with Crippen LogP contribution < -0.4 is 10.6 Å². The molecule has 2 aliphatic carbocycles. The van der Waals surface area contributed by atoms with Gasteiger partial charge in [0, 0.05) is 40.5 Å². The minimum Gasteiger partial charge on any atom is -0.308 e. The maximum atomic E-state index is 12.7. The molecule has 2 fully saturated rings. The Morgan fingerprint density at radius 2 is 1.43 bits per heavy atom. The van der Waals surface area contributed by atoms with Crippen LogP contribution in [0, 0.1) is 0 Å². The van der Waals surface area contributed by atoms with Crippen molar-refractivity contribution >= 4 is 28.3 Å². The highest BCUT2D eigenvalue weighted by molar-refractivity contribution is 6.01. The molecule has 6 heteroatoms. The minimum atomic E-state index is -0.266. The number of aromatic nitrogens is 3. The molecule has 0 spiro atoms. The van der Waals surface area contributed by atoms with Crippen molar-refractivity contribution in [1.82, 2.24) is 14.8 Å². The van der Waals surface area contributed by atoms with Crippen LogP contribution in [0.4, 0.5) is 16.2 Å². The van der Waals surface area contributed by atoms with E-state index >= 15 is 0 Å². The Kier molecular flexibility index (Phi) is 6.89. The Balaban J connectivity index is 1.18. The number of nitrogens with one attached hydrogen (secondary N) is 2. The highest BCUT2D eigenvalue weighted by Crippen LogP contribution is 2.38. The molecule has 4 aromatic rings. The van der Waals surface area contributed by atoms with Crippen molar-refractivity contribution in [3.05, 3.63) is 78.2 Å². The zero-order valence-electron chi connectivity index (χ0n) is 21.3. The van der Waals surface area contributed by atoms with E-state index in [0.717, 1.165) is 28.0 Å². The molecule has 37 heavy (non-hydrogen) atoms. The van der Waals surface area contributed by atoms with Crippen molar-refractivity contribution in [3.8, 4) is 5.69 Å². The van der Waals surface area contributed by atoms with Crippen molar-refractivity contribution in [1.29, 1.82) is 0 Å². The predicted molar refractivity (Wildman–Crippen MR) is 150 cm³/mol. The summed E-state index contributed by atoms with van der Waals surface area (Å²) in [5.74, 6) is 1.17. The Bertz CT molecular complexity index is 1360. The van der Waals surface area contributed by atoms with E-state index in [1.807, 2.05) is 42.5 Å². The van der Waals surface area contributed by atoms with Gasteiger partial charge in [0.15, 0.2) is 0 Å². The van der Waals surface area contributed by atoms with Gasteiger partial charge in [-0.25, -0.2) is 9.48 Å². The van der Waals surface area contributed by atoms with E-state index in [9.17, 15) is 4.79 Å².